The number of carbonyl (C=O) groups excluding carboxylic acids is 3. The molecule has 1 heterocycles. The van der Waals surface area contributed by atoms with Gasteiger partial charge in [0.15, 0.2) is 0 Å². The zero-order chi connectivity index (χ0) is 25.4. The van der Waals surface area contributed by atoms with Crippen molar-refractivity contribution in [2.24, 2.45) is 0 Å². The van der Waals surface area contributed by atoms with Crippen LogP contribution in [-0.4, -0.2) is 17.8 Å². The van der Waals surface area contributed by atoms with Gasteiger partial charge in [-0.05, 0) is 79.6 Å². The van der Waals surface area contributed by atoms with E-state index in [9.17, 15) is 18.8 Å². The molecule has 1 aliphatic heterocycles. The molecular weight excluding hydrogens is 518 g/mol. The first-order valence-corrected chi connectivity index (χ1v) is 11.3. The Morgan fingerprint density at radius 3 is 2.14 bits per heavy atom. The molecule has 178 valence electrons. The lowest BCUT2D eigenvalue weighted by Crippen LogP contribution is -2.32. The van der Waals surface area contributed by atoms with Gasteiger partial charge in [0.05, 0.1) is 16.3 Å². The molecule has 0 bridgehead atoms. The van der Waals surface area contributed by atoms with E-state index in [0.717, 1.165) is 28.2 Å². The topological polar surface area (TPSA) is 75.7 Å². The molecule has 6 nitrogen and oxygen atoms in total. The van der Waals surface area contributed by atoms with Crippen molar-refractivity contribution < 1.29 is 23.5 Å². The number of hydrogen-bond donors (Lipinski definition) is 1. The Kier molecular flexibility index (Phi) is 6.85. The van der Waals surface area contributed by atoms with Crippen molar-refractivity contribution in [1.82, 2.24) is 0 Å². The Morgan fingerprint density at radius 1 is 0.914 bits per heavy atom. The molecule has 0 spiro atoms. The largest absolute Gasteiger partial charge is 0.423 e. The summed E-state index contributed by atoms with van der Waals surface area (Å²) in [5.74, 6) is -2.42. The molecule has 4 rings (SSSR count). The first-order chi connectivity index (χ1) is 16.6. The predicted octanol–water partition coefficient (Wildman–Crippen LogP) is 6.40. The number of carbonyl (C=O) groups is 3. The van der Waals surface area contributed by atoms with Gasteiger partial charge in [-0.25, -0.2) is 14.1 Å². The maximum atomic E-state index is 13.5. The van der Waals surface area contributed by atoms with Gasteiger partial charge in [0.1, 0.15) is 22.3 Å². The number of benzene rings is 3. The molecule has 0 aromatic heterocycles. The van der Waals surface area contributed by atoms with E-state index in [1.54, 1.807) is 12.1 Å². The van der Waals surface area contributed by atoms with Crippen LogP contribution in [-0.2, 0) is 9.59 Å². The van der Waals surface area contributed by atoms with Crippen molar-refractivity contribution in [3.63, 3.8) is 0 Å². The van der Waals surface area contributed by atoms with Crippen LogP contribution in [0.4, 0.5) is 15.8 Å². The molecule has 0 fully saturated rings. The minimum atomic E-state index is -0.782. The second-order valence-corrected chi connectivity index (χ2v) is 8.86. The lowest BCUT2D eigenvalue weighted by Gasteiger charge is -2.15. The smallest absolute Gasteiger partial charge is 0.343 e. The molecule has 3 aromatic carbocycles. The lowest BCUT2D eigenvalue weighted by molar-refractivity contribution is -0.120. The highest BCUT2D eigenvalue weighted by molar-refractivity contribution is 6.53. The fourth-order valence-electron chi connectivity index (χ4n) is 3.44. The van der Waals surface area contributed by atoms with Crippen LogP contribution in [0.15, 0.2) is 65.3 Å². The number of ether oxygens (including phenoxy) is 1. The summed E-state index contributed by atoms with van der Waals surface area (Å²) in [5, 5.41) is 2.82. The quantitative estimate of drug-likeness (QED) is 0.233. The minimum Gasteiger partial charge on any atom is -0.423 e. The van der Waals surface area contributed by atoms with Gasteiger partial charge in [0.25, 0.3) is 11.8 Å². The van der Waals surface area contributed by atoms with E-state index in [-0.39, 0.29) is 27.0 Å². The zero-order valence-corrected chi connectivity index (χ0v) is 20.6. The molecule has 0 radical (unpaired) electrons. The summed E-state index contributed by atoms with van der Waals surface area (Å²) in [6.07, 6.45) is 0. The molecule has 2 amide bonds. The molecule has 0 aliphatic carbocycles. The standard InChI is InChI=1S/C25H16Cl3FN2O4/c1-12-9-17(10-13(2)20(12)27)35-25(34)14-3-5-15(6-4-14)30-22-21(28)23(32)31(24(22)33)16-7-8-19(29)18(26)11-16/h3-11,30H,1-2H3. The third-order valence-electron chi connectivity index (χ3n) is 5.20. The average molecular weight is 534 g/mol. The summed E-state index contributed by atoms with van der Waals surface area (Å²) >= 11 is 18.0. The number of halogens is 4. The first kappa shape index (κ1) is 24.7. The summed E-state index contributed by atoms with van der Waals surface area (Å²) in [7, 11) is 0. The van der Waals surface area contributed by atoms with E-state index < -0.39 is 23.6 Å². The number of hydrogen-bond acceptors (Lipinski definition) is 5. The van der Waals surface area contributed by atoms with Gasteiger partial charge in [0, 0.05) is 10.7 Å². The van der Waals surface area contributed by atoms with E-state index in [4.69, 9.17) is 39.5 Å². The van der Waals surface area contributed by atoms with Gasteiger partial charge in [-0.3, -0.25) is 9.59 Å². The van der Waals surface area contributed by atoms with Crippen LogP contribution >= 0.6 is 34.8 Å². The van der Waals surface area contributed by atoms with Crippen LogP contribution in [0, 0.1) is 19.7 Å². The maximum Gasteiger partial charge on any atom is 0.343 e. The lowest BCUT2D eigenvalue weighted by atomic mass is 10.1. The Morgan fingerprint density at radius 2 is 1.54 bits per heavy atom. The second kappa shape index (κ2) is 9.70. The Bertz CT molecular complexity index is 1400. The first-order valence-electron chi connectivity index (χ1n) is 10.2. The van der Waals surface area contributed by atoms with Crippen LogP contribution in [0.1, 0.15) is 21.5 Å². The van der Waals surface area contributed by atoms with Crippen LogP contribution in [0.5, 0.6) is 5.75 Å². The molecule has 1 N–H and O–H groups in total. The summed E-state index contributed by atoms with van der Waals surface area (Å²) in [5.41, 5.74) is 2.13. The van der Waals surface area contributed by atoms with Crippen LogP contribution < -0.4 is 15.0 Å². The fraction of sp³-hybridized carbons (Fsp3) is 0.0800. The molecule has 0 saturated carbocycles. The Balaban J connectivity index is 1.49. The zero-order valence-electron chi connectivity index (χ0n) is 18.3. The van der Waals surface area contributed by atoms with Crippen molar-refractivity contribution in [3.05, 3.63) is 97.9 Å². The van der Waals surface area contributed by atoms with Crippen molar-refractivity contribution in [1.29, 1.82) is 0 Å². The van der Waals surface area contributed by atoms with Gasteiger partial charge in [0.2, 0.25) is 0 Å². The predicted molar refractivity (Wildman–Crippen MR) is 133 cm³/mol. The summed E-state index contributed by atoms with van der Waals surface area (Å²) in [6.45, 7) is 3.63. The van der Waals surface area contributed by atoms with Gasteiger partial charge < -0.3 is 10.1 Å². The average Bonchev–Trinajstić information content (AvgIpc) is 3.03. The van der Waals surface area contributed by atoms with E-state index >= 15 is 0 Å². The highest BCUT2D eigenvalue weighted by atomic mass is 35.5. The fourth-order valence-corrected chi connectivity index (χ4v) is 3.93. The summed E-state index contributed by atoms with van der Waals surface area (Å²) in [4.78, 5) is 38.7. The highest BCUT2D eigenvalue weighted by Gasteiger charge is 2.39. The van der Waals surface area contributed by atoms with Crippen molar-refractivity contribution >= 4 is 64.0 Å². The van der Waals surface area contributed by atoms with E-state index in [2.05, 4.69) is 5.32 Å². The molecule has 0 atom stereocenters. The number of aryl methyl sites for hydroxylation is 2. The third-order valence-corrected chi connectivity index (χ3v) is 6.44. The Labute approximate surface area is 214 Å². The normalized spacial score (nSPS) is 13.5. The number of nitrogens with zero attached hydrogens (tertiary/aromatic N) is 1. The minimum absolute atomic E-state index is 0.0760. The monoisotopic (exact) mass is 532 g/mol. The number of nitrogens with one attached hydrogen (secondary N) is 1. The molecule has 1 aliphatic rings. The van der Waals surface area contributed by atoms with Crippen molar-refractivity contribution in [2.75, 3.05) is 10.2 Å². The maximum absolute atomic E-state index is 13.5. The summed E-state index contributed by atoms with van der Waals surface area (Å²) < 4.78 is 18.9. The number of anilines is 2. The molecule has 0 saturated heterocycles. The van der Waals surface area contributed by atoms with E-state index in [1.807, 2.05) is 13.8 Å². The van der Waals surface area contributed by atoms with E-state index in [1.165, 1.54) is 30.3 Å². The third kappa shape index (κ3) is 4.89. The number of rotatable bonds is 5. The Hall–Kier alpha value is -3.39. The number of amides is 2. The molecular formula is C25H16Cl3FN2O4. The van der Waals surface area contributed by atoms with Crippen molar-refractivity contribution in [3.8, 4) is 5.75 Å². The van der Waals surface area contributed by atoms with Crippen LogP contribution in [0.2, 0.25) is 10.0 Å². The molecule has 3 aromatic rings. The molecule has 35 heavy (non-hydrogen) atoms. The van der Waals surface area contributed by atoms with Gasteiger partial charge >= 0.3 is 5.97 Å². The molecule has 10 heteroatoms. The van der Waals surface area contributed by atoms with Gasteiger partial charge in [-0.15, -0.1) is 0 Å². The van der Waals surface area contributed by atoms with Crippen molar-refractivity contribution in [2.45, 2.75) is 13.8 Å². The molecule has 0 unspecified atom stereocenters. The van der Waals surface area contributed by atoms with Crippen LogP contribution in [0.3, 0.4) is 0 Å². The SMILES string of the molecule is Cc1cc(OC(=O)c2ccc(NC3=C(Cl)C(=O)N(c4ccc(F)c(Cl)c4)C3=O)cc2)cc(C)c1Cl. The van der Waals surface area contributed by atoms with Gasteiger partial charge in [-0.2, -0.15) is 0 Å². The summed E-state index contributed by atoms with van der Waals surface area (Å²) in [6, 6.07) is 12.8. The highest BCUT2D eigenvalue weighted by Crippen LogP contribution is 2.32. The van der Waals surface area contributed by atoms with Gasteiger partial charge in [-0.1, -0.05) is 34.8 Å². The number of esters is 1. The second-order valence-electron chi connectivity index (χ2n) is 7.70. The number of imide groups is 1. The van der Waals surface area contributed by atoms with Crippen LogP contribution in [0.25, 0.3) is 0 Å². The van der Waals surface area contributed by atoms with E-state index in [0.29, 0.717) is 16.5 Å².